The number of halogens is 4. The lowest BCUT2D eigenvalue weighted by molar-refractivity contribution is 0.205. The lowest BCUT2D eigenvalue weighted by Crippen LogP contribution is -2.24. The van der Waals surface area contributed by atoms with Gasteiger partial charge in [0.15, 0.2) is 5.75 Å². The number of nitrogens with one attached hydrogen (secondary N) is 1. The first-order valence-electron chi connectivity index (χ1n) is 5.89. The third-order valence-electron chi connectivity index (χ3n) is 3.06. The number of benzene rings is 2. The summed E-state index contributed by atoms with van der Waals surface area (Å²) < 4.78 is 33.5. The zero-order valence-corrected chi connectivity index (χ0v) is 12.4. The molecule has 0 radical (unpaired) electrons. The third-order valence-corrected chi connectivity index (χ3v) is 3.83. The number of fused-ring (bicyclic) bond motifs is 1. The van der Waals surface area contributed by atoms with Gasteiger partial charge in [-0.05, 0) is 18.2 Å². The molecule has 1 unspecified atom stereocenters. The molecule has 1 N–H and O–H groups in total. The maximum Gasteiger partial charge on any atom is 0.162 e. The molecule has 2 aromatic rings. The largest absolute Gasteiger partial charge is 0.480 e. The van der Waals surface area contributed by atoms with Crippen LogP contribution in [-0.2, 0) is 0 Å². The molecule has 6 heteroatoms. The number of ether oxygens (including phenoxy) is 1. The molecule has 0 aromatic heterocycles. The topological polar surface area (TPSA) is 21.3 Å². The zero-order chi connectivity index (χ0) is 14.3. The zero-order valence-electron chi connectivity index (χ0n) is 10.1. The molecule has 2 aromatic carbocycles. The van der Waals surface area contributed by atoms with Crippen LogP contribution in [0.1, 0.15) is 11.7 Å². The van der Waals surface area contributed by atoms with Crippen LogP contribution in [0.15, 0.2) is 34.8 Å². The molecule has 1 atom stereocenters. The summed E-state index contributed by atoms with van der Waals surface area (Å²) >= 11 is 9.17. The van der Waals surface area contributed by atoms with Crippen LogP contribution < -0.4 is 10.1 Å². The molecular weight excluding hydrogens is 352 g/mol. The van der Waals surface area contributed by atoms with Crippen LogP contribution in [0.4, 0.5) is 14.5 Å². The second-order valence-corrected chi connectivity index (χ2v) is 5.74. The summed E-state index contributed by atoms with van der Waals surface area (Å²) in [7, 11) is 0. The van der Waals surface area contributed by atoms with E-state index in [0.717, 1.165) is 0 Å². The van der Waals surface area contributed by atoms with Crippen LogP contribution in [0.25, 0.3) is 0 Å². The van der Waals surface area contributed by atoms with E-state index < -0.39 is 11.9 Å². The van der Waals surface area contributed by atoms with Crippen molar-refractivity contribution >= 4 is 33.2 Å². The molecule has 0 fully saturated rings. The number of rotatable bonds is 1. The highest BCUT2D eigenvalue weighted by molar-refractivity contribution is 9.10. The first-order chi connectivity index (χ1) is 9.54. The Kier molecular flexibility index (Phi) is 3.56. The second kappa shape index (κ2) is 5.22. The summed E-state index contributed by atoms with van der Waals surface area (Å²) in [6, 6.07) is 7.23. The summed E-state index contributed by atoms with van der Waals surface area (Å²) in [5.41, 5.74) is 0.899. The van der Waals surface area contributed by atoms with E-state index in [1.165, 1.54) is 18.2 Å². The lowest BCUT2D eigenvalue weighted by atomic mass is 10.1. The van der Waals surface area contributed by atoms with Crippen LogP contribution in [0.3, 0.4) is 0 Å². The predicted octanol–water partition coefficient (Wildman–Crippen LogP) is 4.93. The van der Waals surface area contributed by atoms with Crippen molar-refractivity contribution in [2.24, 2.45) is 0 Å². The Bertz CT molecular complexity index is 680. The second-order valence-electron chi connectivity index (χ2n) is 4.42. The molecule has 0 aliphatic carbocycles. The number of hydrogen-bond acceptors (Lipinski definition) is 2. The Morgan fingerprint density at radius 3 is 2.80 bits per heavy atom. The maximum absolute atomic E-state index is 13.9. The number of hydrogen-bond donors (Lipinski definition) is 1. The van der Waals surface area contributed by atoms with Crippen LogP contribution in [0, 0.1) is 11.6 Å². The van der Waals surface area contributed by atoms with E-state index in [1.807, 2.05) is 0 Å². The summed E-state index contributed by atoms with van der Waals surface area (Å²) in [6.45, 7) is 0.339. The van der Waals surface area contributed by atoms with Crippen molar-refractivity contribution in [3.05, 3.63) is 57.0 Å². The van der Waals surface area contributed by atoms with E-state index in [-0.39, 0.29) is 10.8 Å². The average Bonchev–Trinajstić information content (AvgIpc) is 2.38. The van der Waals surface area contributed by atoms with Crippen molar-refractivity contribution in [1.29, 1.82) is 0 Å². The van der Waals surface area contributed by atoms with E-state index in [4.69, 9.17) is 16.3 Å². The van der Waals surface area contributed by atoms with E-state index in [9.17, 15) is 8.78 Å². The van der Waals surface area contributed by atoms with E-state index in [2.05, 4.69) is 21.2 Å². The van der Waals surface area contributed by atoms with Gasteiger partial charge in [0.1, 0.15) is 17.7 Å². The molecule has 3 rings (SSSR count). The van der Waals surface area contributed by atoms with Crippen molar-refractivity contribution in [2.75, 3.05) is 11.9 Å². The van der Waals surface area contributed by atoms with Gasteiger partial charge in [0, 0.05) is 16.1 Å². The SMILES string of the molecule is Fc1cc(Cl)c2c(c1)NCC(c1ccc(Br)cc1F)O2. The molecular formula is C14H9BrClF2NO. The van der Waals surface area contributed by atoms with Gasteiger partial charge in [0.05, 0.1) is 17.3 Å². The molecule has 2 nitrogen and oxygen atoms in total. The quantitative estimate of drug-likeness (QED) is 0.779. The first-order valence-corrected chi connectivity index (χ1v) is 7.06. The minimum atomic E-state index is -0.515. The van der Waals surface area contributed by atoms with Gasteiger partial charge in [0.2, 0.25) is 0 Å². The van der Waals surface area contributed by atoms with Gasteiger partial charge in [-0.3, -0.25) is 0 Å². The van der Waals surface area contributed by atoms with Gasteiger partial charge in [-0.1, -0.05) is 33.6 Å². The highest BCUT2D eigenvalue weighted by Gasteiger charge is 2.25. The fraction of sp³-hybridized carbons (Fsp3) is 0.143. The molecule has 0 bridgehead atoms. The van der Waals surface area contributed by atoms with Crippen LogP contribution in [0.5, 0.6) is 5.75 Å². The maximum atomic E-state index is 13.9. The minimum absolute atomic E-state index is 0.162. The number of anilines is 1. The normalized spacial score (nSPS) is 17.1. The van der Waals surface area contributed by atoms with Crippen molar-refractivity contribution in [3.8, 4) is 5.75 Å². The molecule has 104 valence electrons. The Labute approximate surface area is 127 Å². The smallest absolute Gasteiger partial charge is 0.162 e. The van der Waals surface area contributed by atoms with Crippen molar-refractivity contribution < 1.29 is 13.5 Å². The highest BCUT2D eigenvalue weighted by Crippen LogP contribution is 2.40. The summed E-state index contributed by atoms with van der Waals surface area (Å²) in [5.74, 6) is -0.474. The molecule has 20 heavy (non-hydrogen) atoms. The lowest BCUT2D eigenvalue weighted by Gasteiger charge is -2.28. The summed E-state index contributed by atoms with van der Waals surface area (Å²) in [6.07, 6.45) is -0.515. The van der Waals surface area contributed by atoms with Gasteiger partial charge in [0.25, 0.3) is 0 Å². The predicted molar refractivity (Wildman–Crippen MR) is 77.4 cm³/mol. The van der Waals surface area contributed by atoms with Crippen LogP contribution >= 0.6 is 27.5 Å². The standard InChI is InChI=1S/C14H9BrClF2NO/c15-7-1-2-9(11(18)3-7)13-6-19-12-5-8(17)4-10(16)14(12)20-13/h1-5,13,19H,6H2. The van der Waals surface area contributed by atoms with Gasteiger partial charge in [-0.2, -0.15) is 0 Å². The van der Waals surface area contributed by atoms with Crippen LogP contribution in [-0.4, -0.2) is 6.54 Å². The Hall–Kier alpha value is -1.33. The van der Waals surface area contributed by atoms with Gasteiger partial charge in [-0.15, -0.1) is 0 Å². The monoisotopic (exact) mass is 359 g/mol. The Morgan fingerprint density at radius 2 is 2.05 bits per heavy atom. The van der Waals surface area contributed by atoms with Crippen molar-refractivity contribution in [2.45, 2.75) is 6.10 Å². The van der Waals surface area contributed by atoms with Gasteiger partial charge < -0.3 is 10.1 Å². The van der Waals surface area contributed by atoms with Gasteiger partial charge in [-0.25, -0.2) is 8.78 Å². The fourth-order valence-corrected chi connectivity index (χ4v) is 2.72. The molecule has 0 amide bonds. The highest BCUT2D eigenvalue weighted by atomic mass is 79.9. The molecule has 0 spiro atoms. The molecule has 1 heterocycles. The Balaban J connectivity index is 1.96. The van der Waals surface area contributed by atoms with Crippen molar-refractivity contribution in [1.82, 2.24) is 0 Å². The molecule has 1 aliphatic heterocycles. The van der Waals surface area contributed by atoms with Crippen molar-refractivity contribution in [3.63, 3.8) is 0 Å². The van der Waals surface area contributed by atoms with E-state index in [1.54, 1.807) is 12.1 Å². The van der Waals surface area contributed by atoms with E-state index >= 15 is 0 Å². The summed E-state index contributed by atoms with van der Waals surface area (Å²) in [5, 5.41) is 3.17. The Morgan fingerprint density at radius 1 is 1.25 bits per heavy atom. The van der Waals surface area contributed by atoms with E-state index in [0.29, 0.717) is 28.0 Å². The average molecular weight is 361 g/mol. The third kappa shape index (κ3) is 2.47. The minimum Gasteiger partial charge on any atom is -0.480 e. The molecule has 0 saturated carbocycles. The summed E-state index contributed by atoms with van der Waals surface area (Å²) in [4.78, 5) is 0. The molecule has 0 saturated heterocycles. The first kappa shape index (κ1) is 13.6. The fourth-order valence-electron chi connectivity index (χ4n) is 2.13. The van der Waals surface area contributed by atoms with Crippen LogP contribution in [0.2, 0.25) is 5.02 Å². The molecule has 1 aliphatic rings. The van der Waals surface area contributed by atoms with Gasteiger partial charge >= 0.3 is 0 Å².